The number of benzene rings is 2. The van der Waals surface area contributed by atoms with Crippen LogP contribution in [0.1, 0.15) is 74.3 Å². The van der Waals surface area contributed by atoms with E-state index < -0.39 is 11.9 Å². The Bertz CT molecular complexity index is 1330. The standard InChI is InChI=1S/C31H36ClNO4/c1-8-36-30(35)27-20(5)33-24-14-31(6,7)15-25(34)29(24)28(27)23-13-21(17(2)11-18(23)3)16-37-26-10-9-22(32)12-19(26)4/h9-13,28,33H,8,14-16H2,1-7H3. The van der Waals surface area contributed by atoms with Crippen molar-refractivity contribution in [2.45, 2.75) is 73.8 Å². The highest BCUT2D eigenvalue weighted by molar-refractivity contribution is 6.30. The Morgan fingerprint density at radius 1 is 1.05 bits per heavy atom. The van der Waals surface area contributed by atoms with Crippen LogP contribution in [0, 0.1) is 26.2 Å². The lowest BCUT2D eigenvalue weighted by Crippen LogP contribution is -2.39. The molecule has 1 aliphatic carbocycles. The number of esters is 1. The molecule has 0 aromatic heterocycles. The molecule has 6 heteroatoms. The first kappa shape index (κ1) is 27.0. The van der Waals surface area contributed by atoms with Crippen molar-refractivity contribution in [3.63, 3.8) is 0 Å². The van der Waals surface area contributed by atoms with Gasteiger partial charge >= 0.3 is 5.97 Å². The van der Waals surface area contributed by atoms with E-state index in [-0.39, 0.29) is 17.8 Å². The predicted molar refractivity (Wildman–Crippen MR) is 147 cm³/mol. The predicted octanol–water partition coefficient (Wildman–Crippen LogP) is 7.01. The molecule has 37 heavy (non-hydrogen) atoms. The van der Waals surface area contributed by atoms with Crippen LogP contribution in [-0.2, 0) is 20.9 Å². The quantitative estimate of drug-likeness (QED) is 0.414. The zero-order chi connectivity index (χ0) is 27.1. The Balaban J connectivity index is 1.81. The number of nitrogens with one attached hydrogen (secondary N) is 1. The lowest BCUT2D eigenvalue weighted by atomic mass is 9.68. The summed E-state index contributed by atoms with van der Waals surface area (Å²) in [6.45, 7) is 14.6. The van der Waals surface area contributed by atoms with Gasteiger partial charge < -0.3 is 14.8 Å². The third kappa shape index (κ3) is 5.47. The summed E-state index contributed by atoms with van der Waals surface area (Å²) in [5.41, 5.74) is 7.69. The highest BCUT2D eigenvalue weighted by atomic mass is 35.5. The number of ketones is 1. The molecule has 0 amide bonds. The van der Waals surface area contributed by atoms with Gasteiger partial charge in [-0.2, -0.15) is 0 Å². The van der Waals surface area contributed by atoms with Crippen molar-refractivity contribution < 1.29 is 19.1 Å². The molecule has 5 nitrogen and oxygen atoms in total. The van der Waals surface area contributed by atoms with Gasteiger partial charge in [-0.1, -0.05) is 37.6 Å². The Hall–Kier alpha value is -3.05. The van der Waals surface area contributed by atoms with Crippen molar-refractivity contribution in [3.8, 4) is 5.75 Å². The van der Waals surface area contributed by atoms with Crippen molar-refractivity contribution in [3.05, 3.63) is 85.7 Å². The second kappa shape index (κ2) is 10.4. The summed E-state index contributed by atoms with van der Waals surface area (Å²) in [6, 6.07) is 9.77. The van der Waals surface area contributed by atoms with E-state index in [1.807, 2.05) is 39.0 Å². The van der Waals surface area contributed by atoms with Crippen molar-refractivity contribution in [1.82, 2.24) is 5.32 Å². The number of rotatable bonds is 6. The van der Waals surface area contributed by atoms with Gasteiger partial charge in [0.25, 0.3) is 0 Å². The highest BCUT2D eigenvalue weighted by Gasteiger charge is 2.43. The molecule has 2 aliphatic rings. The summed E-state index contributed by atoms with van der Waals surface area (Å²) in [4.78, 5) is 26.8. The molecule has 1 heterocycles. The van der Waals surface area contributed by atoms with Gasteiger partial charge in [0, 0.05) is 34.3 Å². The summed E-state index contributed by atoms with van der Waals surface area (Å²) in [6.07, 6.45) is 1.19. The Labute approximate surface area is 224 Å². The summed E-state index contributed by atoms with van der Waals surface area (Å²) < 4.78 is 11.7. The van der Waals surface area contributed by atoms with Crippen LogP contribution in [0.4, 0.5) is 0 Å². The molecule has 2 aromatic carbocycles. The van der Waals surface area contributed by atoms with E-state index >= 15 is 0 Å². The average Bonchev–Trinajstić information content (AvgIpc) is 2.78. The third-order valence-electron chi connectivity index (χ3n) is 7.29. The van der Waals surface area contributed by atoms with E-state index in [0.717, 1.165) is 51.4 Å². The fourth-order valence-electron chi connectivity index (χ4n) is 5.54. The largest absolute Gasteiger partial charge is 0.489 e. The topological polar surface area (TPSA) is 64.6 Å². The minimum Gasteiger partial charge on any atom is -0.489 e. The van der Waals surface area contributed by atoms with E-state index in [1.54, 1.807) is 6.92 Å². The Kier molecular flexibility index (Phi) is 7.57. The van der Waals surface area contributed by atoms with Gasteiger partial charge in [-0.3, -0.25) is 4.79 Å². The maximum atomic E-state index is 13.6. The molecule has 1 atom stereocenters. The number of hydrogen-bond donors (Lipinski definition) is 1. The molecule has 4 rings (SSSR count). The number of ether oxygens (including phenoxy) is 2. The molecule has 1 aliphatic heterocycles. The SMILES string of the molecule is CCOC(=O)C1=C(C)NC2=C(C(=O)CC(C)(C)C2)C1c1cc(COc2ccc(Cl)cc2C)c(C)cc1C. The highest BCUT2D eigenvalue weighted by Crippen LogP contribution is 2.47. The second-order valence-corrected chi connectivity index (χ2v) is 11.4. The summed E-state index contributed by atoms with van der Waals surface area (Å²) in [5.74, 6) is -0.0372. The summed E-state index contributed by atoms with van der Waals surface area (Å²) in [7, 11) is 0. The first-order valence-corrected chi connectivity index (χ1v) is 13.2. The number of Topliss-reactive ketones (excluding diaryl/α,β-unsaturated/α-hetero) is 1. The number of dihydropyridines is 1. The van der Waals surface area contributed by atoms with Gasteiger partial charge in [-0.25, -0.2) is 4.79 Å². The van der Waals surface area contributed by atoms with Crippen molar-refractivity contribution >= 4 is 23.4 Å². The molecule has 0 saturated heterocycles. The number of halogens is 1. The van der Waals surface area contributed by atoms with Crippen LogP contribution in [0.15, 0.2) is 52.9 Å². The molecule has 196 valence electrons. The van der Waals surface area contributed by atoms with E-state index in [9.17, 15) is 9.59 Å². The van der Waals surface area contributed by atoms with E-state index in [0.29, 0.717) is 29.2 Å². The van der Waals surface area contributed by atoms with Crippen molar-refractivity contribution in [1.29, 1.82) is 0 Å². The second-order valence-electron chi connectivity index (χ2n) is 11.0. The molecule has 0 spiro atoms. The summed E-state index contributed by atoms with van der Waals surface area (Å²) >= 11 is 6.11. The Morgan fingerprint density at radius 2 is 1.78 bits per heavy atom. The molecule has 1 N–H and O–H groups in total. The van der Waals surface area contributed by atoms with Crippen LogP contribution < -0.4 is 10.1 Å². The van der Waals surface area contributed by atoms with Gasteiger partial charge in [0.05, 0.1) is 12.2 Å². The normalized spacial score (nSPS) is 18.9. The number of carbonyl (C=O) groups is 2. The molecule has 2 aromatic rings. The van der Waals surface area contributed by atoms with E-state index in [4.69, 9.17) is 21.1 Å². The first-order chi connectivity index (χ1) is 17.4. The number of aryl methyl sites for hydroxylation is 3. The van der Waals surface area contributed by atoms with Crippen molar-refractivity contribution in [2.24, 2.45) is 5.41 Å². The van der Waals surface area contributed by atoms with Crippen LogP contribution in [0.3, 0.4) is 0 Å². The zero-order valence-electron chi connectivity index (χ0n) is 22.8. The monoisotopic (exact) mass is 521 g/mol. The minimum atomic E-state index is -0.490. The number of hydrogen-bond acceptors (Lipinski definition) is 5. The third-order valence-corrected chi connectivity index (χ3v) is 7.53. The van der Waals surface area contributed by atoms with Gasteiger partial charge in [-0.05, 0) is 92.5 Å². The molecule has 0 bridgehead atoms. The van der Waals surface area contributed by atoms with Crippen LogP contribution >= 0.6 is 11.6 Å². The van der Waals surface area contributed by atoms with E-state index in [2.05, 4.69) is 38.2 Å². The molecule has 0 fully saturated rings. The molecular formula is C31H36ClNO4. The van der Waals surface area contributed by atoms with Crippen LogP contribution in [0.5, 0.6) is 5.75 Å². The van der Waals surface area contributed by atoms with Crippen LogP contribution in [0.25, 0.3) is 0 Å². The van der Waals surface area contributed by atoms with Crippen molar-refractivity contribution in [2.75, 3.05) is 6.61 Å². The van der Waals surface area contributed by atoms with Gasteiger partial charge in [-0.15, -0.1) is 0 Å². The fourth-order valence-corrected chi connectivity index (χ4v) is 5.77. The first-order valence-electron chi connectivity index (χ1n) is 12.8. The van der Waals surface area contributed by atoms with Gasteiger partial charge in [0.1, 0.15) is 12.4 Å². The molecular weight excluding hydrogens is 486 g/mol. The molecule has 0 saturated carbocycles. The van der Waals surface area contributed by atoms with Crippen LogP contribution in [0.2, 0.25) is 5.02 Å². The maximum Gasteiger partial charge on any atom is 0.336 e. The fraction of sp³-hybridized carbons (Fsp3) is 0.419. The Morgan fingerprint density at radius 3 is 2.46 bits per heavy atom. The smallest absolute Gasteiger partial charge is 0.336 e. The lowest BCUT2D eigenvalue weighted by Gasteiger charge is -2.40. The zero-order valence-corrected chi connectivity index (χ0v) is 23.6. The lowest BCUT2D eigenvalue weighted by molar-refractivity contribution is -0.138. The number of carbonyl (C=O) groups excluding carboxylic acids is 2. The number of allylic oxidation sites excluding steroid dienone is 3. The molecule has 0 radical (unpaired) electrons. The van der Waals surface area contributed by atoms with Gasteiger partial charge in [0.15, 0.2) is 5.78 Å². The molecule has 1 unspecified atom stereocenters. The van der Waals surface area contributed by atoms with Crippen LogP contribution in [-0.4, -0.2) is 18.4 Å². The summed E-state index contributed by atoms with van der Waals surface area (Å²) in [5, 5.41) is 4.07. The van der Waals surface area contributed by atoms with Gasteiger partial charge in [0.2, 0.25) is 0 Å². The van der Waals surface area contributed by atoms with E-state index in [1.165, 1.54) is 0 Å². The average molecular weight is 522 g/mol. The minimum absolute atomic E-state index is 0.0765. The maximum absolute atomic E-state index is 13.6.